The summed E-state index contributed by atoms with van der Waals surface area (Å²) < 4.78 is 6.83. The fourth-order valence-electron chi connectivity index (χ4n) is 1.98. The molecule has 3 heteroatoms. The lowest BCUT2D eigenvalue weighted by Crippen LogP contribution is -2.09. The van der Waals surface area contributed by atoms with Crippen molar-refractivity contribution in [1.29, 1.82) is 0 Å². The van der Waals surface area contributed by atoms with Crippen molar-refractivity contribution in [1.82, 2.24) is 5.32 Å². The van der Waals surface area contributed by atoms with Crippen molar-refractivity contribution < 1.29 is 4.74 Å². The Balaban J connectivity index is 1.88. The van der Waals surface area contributed by atoms with Gasteiger partial charge in [-0.2, -0.15) is 0 Å². The number of ether oxygens (including phenoxy) is 1. The van der Waals surface area contributed by atoms with Crippen LogP contribution in [0.2, 0.25) is 0 Å². The molecule has 0 fully saturated rings. The molecule has 0 radical (unpaired) electrons. The molecule has 0 atom stereocenters. The van der Waals surface area contributed by atoms with Gasteiger partial charge < -0.3 is 10.1 Å². The molecule has 1 N–H and O–H groups in total. The molecule has 20 heavy (non-hydrogen) atoms. The first-order valence-electron chi connectivity index (χ1n) is 6.93. The van der Waals surface area contributed by atoms with Crippen molar-refractivity contribution in [3.63, 3.8) is 0 Å². The standard InChI is InChI=1S/C17H20BrNO/c1-19-12-2-3-13-20-17-10-6-15(7-11-17)14-4-8-16(18)9-5-14/h4-11,19H,2-3,12-13H2,1H3. The molecular weight excluding hydrogens is 314 g/mol. The third-order valence-corrected chi connectivity index (χ3v) is 3.65. The highest BCUT2D eigenvalue weighted by atomic mass is 79.9. The molecule has 2 nitrogen and oxygen atoms in total. The first kappa shape index (κ1) is 15.1. The minimum Gasteiger partial charge on any atom is -0.494 e. The lowest BCUT2D eigenvalue weighted by atomic mass is 10.1. The lowest BCUT2D eigenvalue weighted by molar-refractivity contribution is 0.306. The second-order valence-corrected chi connectivity index (χ2v) is 5.61. The molecule has 0 heterocycles. The van der Waals surface area contributed by atoms with Crippen LogP contribution in [0.3, 0.4) is 0 Å². The number of unbranched alkanes of at least 4 members (excludes halogenated alkanes) is 1. The van der Waals surface area contributed by atoms with Crippen molar-refractivity contribution in [2.45, 2.75) is 12.8 Å². The van der Waals surface area contributed by atoms with Gasteiger partial charge in [0.05, 0.1) is 6.61 Å². The van der Waals surface area contributed by atoms with Gasteiger partial charge in [0.15, 0.2) is 0 Å². The van der Waals surface area contributed by atoms with Crippen LogP contribution in [0.5, 0.6) is 5.75 Å². The third kappa shape index (κ3) is 4.66. The second-order valence-electron chi connectivity index (χ2n) is 4.69. The molecule has 0 saturated heterocycles. The second kappa shape index (κ2) is 8.08. The zero-order valence-corrected chi connectivity index (χ0v) is 13.3. The van der Waals surface area contributed by atoms with Crippen LogP contribution in [0.1, 0.15) is 12.8 Å². The molecular formula is C17H20BrNO. The summed E-state index contributed by atoms with van der Waals surface area (Å²) in [5.41, 5.74) is 2.42. The monoisotopic (exact) mass is 333 g/mol. The van der Waals surface area contributed by atoms with E-state index in [1.807, 2.05) is 19.2 Å². The maximum Gasteiger partial charge on any atom is 0.119 e. The van der Waals surface area contributed by atoms with Crippen molar-refractivity contribution in [2.24, 2.45) is 0 Å². The van der Waals surface area contributed by atoms with Gasteiger partial charge in [-0.25, -0.2) is 0 Å². The van der Waals surface area contributed by atoms with Crippen molar-refractivity contribution >= 4 is 15.9 Å². The first-order chi connectivity index (χ1) is 9.79. The Kier molecular flexibility index (Phi) is 6.09. The Labute approximate surface area is 129 Å². The van der Waals surface area contributed by atoms with Gasteiger partial charge in [0.1, 0.15) is 5.75 Å². The predicted octanol–water partition coefficient (Wildman–Crippen LogP) is 4.49. The summed E-state index contributed by atoms with van der Waals surface area (Å²) in [7, 11) is 1.97. The number of rotatable bonds is 7. The van der Waals surface area contributed by atoms with E-state index in [9.17, 15) is 0 Å². The minimum atomic E-state index is 0.777. The van der Waals surface area contributed by atoms with Crippen LogP contribution in [0, 0.1) is 0 Å². The maximum atomic E-state index is 5.73. The van der Waals surface area contributed by atoms with Gasteiger partial charge in [0.2, 0.25) is 0 Å². The highest BCUT2D eigenvalue weighted by Gasteiger charge is 1.99. The van der Waals surface area contributed by atoms with Crippen LogP contribution in [0.4, 0.5) is 0 Å². The molecule has 0 spiro atoms. The molecule has 0 amide bonds. The fraction of sp³-hybridized carbons (Fsp3) is 0.294. The highest BCUT2D eigenvalue weighted by molar-refractivity contribution is 9.10. The number of hydrogen-bond acceptors (Lipinski definition) is 2. The summed E-state index contributed by atoms with van der Waals surface area (Å²) in [5.74, 6) is 0.940. The van der Waals surface area contributed by atoms with E-state index in [1.54, 1.807) is 0 Å². The van der Waals surface area contributed by atoms with Gasteiger partial charge in [-0.1, -0.05) is 40.2 Å². The first-order valence-corrected chi connectivity index (χ1v) is 7.72. The van der Waals surface area contributed by atoms with E-state index in [-0.39, 0.29) is 0 Å². The fourth-order valence-corrected chi connectivity index (χ4v) is 2.24. The average molecular weight is 334 g/mol. The zero-order valence-electron chi connectivity index (χ0n) is 11.7. The number of halogens is 1. The smallest absolute Gasteiger partial charge is 0.119 e. The van der Waals surface area contributed by atoms with Gasteiger partial charge >= 0.3 is 0 Å². The Hall–Kier alpha value is -1.32. The Morgan fingerprint density at radius 3 is 2.10 bits per heavy atom. The SMILES string of the molecule is CNCCCCOc1ccc(-c2ccc(Br)cc2)cc1. The van der Waals surface area contributed by atoms with Crippen molar-refractivity contribution in [3.05, 3.63) is 53.0 Å². The van der Waals surface area contributed by atoms with Gasteiger partial charge in [0, 0.05) is 4.47 Å². The topological polar surface area (TPSA) is 21.3 Å². The summed E-state index contributed by atoms with van der Waals surface area (Å²) in [5, 5.41) is 3.14. The summed E-state index contributed by atoms with van der Waals surface area (Å²) in [6.07, 6.45) is 2.22. The number of benzene rings is 2. The van der Waals surface area contributed by atoms with Crippen LogP contribution in [0.15, 0.2) is 53.0 Å². The molecule has 106 valence electrons. The normalized spacial score (nSPS) is 10.5. The van der Waals surface area contributed by atoms with Gasteiger partial charge in [0.25, 0.3) is 0 Å². The molecule has 2 aromatic rings. The van der Waals surface area contributed by atoms with E-state index < -0.39 is 0 Å². The van der Waals surface area contributed by atoms with E-state index in [2.05, 4.69) is 57.6 Å². The molecule has 2 aromatic carbocycles. The maximum absolute atomic E-state index is 5.73. The largest absolute Gasteiger partial charge is 0.494 e. The molecule has 2 rings (SSSR count). The molecule has 0 bridgehead atoms. The summed E-state index contributed by atoms with van der Waals surface area (Å²) >= 11 is 3.45. The van der Waals surface area contributed by atoms with Crippen LogP contribution in [0.25, 0.3) is 11.1 Å². The molecule has 0 saturated carbocycles. The molecule has 0 aliphatic rings. The highest BCUT2D eigenvalue weighted by Crippen LogP contribution is 2.24. The number of nitrogens with one attached hydrogen (secondary N) is 1. The summed E-state index contributed by atoms with van der Waals surface area (Å²) in [6.45, 7) is 1.82. The van der Waals surface area contributed by atoms with Crippen LogP contribution < -0.4 is 10.1 Å². The molecule has 0 aromatic heterocycles. The molecule has 0 aliphatic heterocycles. The van der Waals surface area contributed by atoms with Crippen molar-refractivity contribution in [3.8, 4) is 16.9 Å². The Morgan fingerprint density at radius 1 is 0.900 bits per heavy atom. The lowest BCUT2D eigenvalue weighted by Gasteiger charge is -2.07. The van der Waals surface area contributed by atoms with Crippen LogP contribution in [-0.2, 0) is 0 Å². The van der Waals surface area contributed by atoms with Crippen LogP contribution in [-0.4, -0.2) is 20.2 Å². The molecule has 0 aliphatic carbocycles. The Bertz CT molecular complexity index is 508. The van der Waals surface area contributed by atoms with E-state index in [0.29, 0.717) is 0 Å². The molecule has 0 unspecified atom stereocenters. The van der Waals surface area contributed by atoms with Gasteiger partial charge in [-0.15, -0.1) is 0 Å². The van der Waals surface area contributed by atoms with E-state index >= 15 is 0 Å². The summed E-state index contributed by atoms with van der Waals surface area (Å²) in [4.78, 5) is 0. The van der Waals surface area contributed by atoms with E-state index in [4.69, 9.17) is 4.74 Å². The number of hydrogen-bond donors (Lipinski definition) is 1. The quantitative estimate of drug-likeness (QED) is 0.753. The summed E-state index contributed by atoms with van der Waals surface area (Å²) in [6, 6.07) is 16.6. The zero-order chi connectivity index (χ0) is 14.2. The van der Waals surface area contributed by atoms with Gasteiger partial charge in [-0.05, 0) is 61.8 Å². The minimum absolute atomic E-state index is 0.777. The predicted molar refractivity (Wildman–Crippen MR) is 88.2 cm³/mol. The van der Waals surface area contributed by atoms with Crippen LogP contribution >= 0.6 is 15.9 Å². The van der Waals surface area contributed by atoms with E-state index in [0.717, 1.165) is 36.2 Å². The van der Waals surface area contributed by atoms with Crippen molar-refractivity contribution in [2.75, 3.05) is 20.2 Å². The van der Waals surface area contributed by atoms with Gasteiger partial charge in [-0.3, -0.25) is 0 Å². The Morgan fingerprint density at radius 2 is 1.50 bits per heavy atom. The van der Waals surface area contributed by atoms with E-state index in [1.165, 1.54) is 11.1 Å². The third-order valence-electron chi connectivity index (χ3n) is 3.12. The average Bonchev–Trinajstić information content (AvgIpc) is 2.49.